The maximum atomic E-state index is 12.2. The van der Waals surface area contributed by atoms with Gasteiger partial charge < -0.3 is 10.1 Å². The van der Waals surface area contributed by atoms with Crippen molar-refractivity contribution in [1.29, 1.82) is 0 Å². The Bertz CT molecular complexity index is 632. The minimum atomic E-state index is -0.377. The van der Waals surface area contributed by atoms with Crippen LogP contribution < -0.4 is 10.1 Å². The van der Waals surface area contributed by atoms with E-state index in [1.807, 2.05) is 19.1 Å². The van der Waals surface area contributed by atoms with Gasteiger partial charge >= 0.3 is 0 Å². The highest BCUT2D eigenvalue weighted by Crippen LogP contribution is 2.32. The van der Waals surface area contributed by atoms with Crippen molar-refractivity contribution in [2.45, 2.75) is 18.6 Å². The van der Waals surface area contributed by atoms with E-state index in [-0.39, 0.29) is 23.5 Å². The standard InChI is InChI=1S/C15H17N3O3S/c1-2-21-11-6-4-3-5-10(11)17-13(19)9-12-14(20)18-8-7-16-15(18)22-12/h3-6,12H,2,7-9H2,1H3,(H,17,19)/t12-/m0/s1. The van der Waals surface area contributed by atoms with E-state index in [4.69, 9.17) is 4.74 Å². The average molecular weight is 319 g/mol. The minimum Gasteiger partial charge on any atom is -0.492 e. The van der Waals surface area contributed by atoms with Gasteiger partial charge in [-0.1, -0.05) is 23.9 Å². The highest BCUT2D eigenvalue weighted by molar-refractivity contribution is 8.15. The van der Waals surface area contributed by atoms with Crippen molar-refractivity contribution in [3.05, 3.63) is 24.3 Å². The number of anilines is 1. The molecule has 1 fully saturated rings. The van der Waals surface area contributed by atoms with Gasteiger partial charge in [0.25, 0.3) is 0 Å². The van der Waals surface area contributed by atoms with Gasteiger partial charge in [-0.25, -0.2) is 0 Å². The van der Waals surface area contributed by atoms with Gasteiger partial charge in [-0.15, -0.1) is 0 Å². The van der Waals surface area contributed by atoms with Crippen LogP contribution in [0.1, 0.15) is 13.3 Å². The second-order valence-corrected chi connectivity index (χ2v) is 6.11. The predicted octanol–water partition coefficient (Wildman–Crippen LogP) is 1.73. The van der Waals surface area contributed by atoms with Crippen molar-refractivity contribution >= 4 is 34.4 Å². The van der Waals surface area contributed by atoms with Gasteiger partial charge in [0.2, 0.25) is 11.8 Å². The Balaban J connectivity index is 1.63. The number of hydrogen-bond acceptors (Lipinski definition) is 5. The third kappa shape index (κ3) is 2.94. The highest BCUT2D eigenvalue weighted by Gasteiger charge is 2.40. The van der Waals surface area contributed by atoms with E-state index in [0.29, 0.717) is 31.1 Å². The summed E-state index contributed by atoms with van der Waals surface area (Å²) in [6.45, 7) is 3.71. The normalized spacial score (nSPS) is 19.9. The van der Waals surface area contributed by atoms with E-state index in [0.717, 1.165) is 5.17 Å². The molecule has 0 saturated carbocycles. The lowest BCUT2D eigenvalue weighted by Crippen LogP contribution is -2.32. The van der Waals surface area contributed by atoms with E-state index < -0.39 is 0 Å². The first-order valence-electron chi connectivity index (χ1n) is 7.23. The quantitative estimate of drug-likeness (QED) is 0.897. The fourth-order valence-electron chi connectivity index (χ4n) is 2.43. The van der Waals surface area contributed by atoms with Crippen LogP contribution in [0.15, 0.2) is 29.3 Å². The zero-order chi connectivity index (χ0) is 15.5. The Labute approximate surface area is 132 Å². The number of amidine groups is 1. The molecule has 2 heterocycles. The van der Waals surface area contributed by atoms with E-state index >= 15 is 0 Å². The van der Waals surface area contributed by atoms with Crippen LogP contribution in [0.3, 0.4) is 0 Å². The van der Waals surface area contributed by atoms with Crippen molar-refractivity contribution in [3.8, 4) is 5.75 Å². The Kier molecular flexibility index (Phi) is 4.33. The van der Waals surface area contributed by atoms with E-state index in [1.165, 1.54) is 11.8 Å². The molecule has 6 nitrogen and oxygen atoms in total. The molecule has 0 spiro atoms. The van der Waals surface area contributed by atoms with Crippen LogP contribution in [0, 0.1) is 0 Å². The number of nitrogens with one attached hydrogen (secondary N) is 1. The molecule has 2 amide bonds. The number of carbonyl (C=O) groups is 2. The SMILES string of the molecule is CCOc1ccccc1NC(=O)C[C@@H]1SC2=NCCN2C1=O. The van der Waals surface area contributed by atoms with Crippen LogP contribution in [-0.4, -0.2) is 46.8 Å². The molecular formula is C15H17N3O3S. The number of thioether (sulfide) groups is 1. The second kappa shape index (κ2) is 6.39. The van der Waals surface area contributed by atoms with Crippen LogP contribution in [-0.2, 0) is 9.59 Å². The molecule has 116 valence electrons. The van der Waals surface area contributed by atoms with Gasteiger partial charge in [-0.2, -0.15) is 0 Å². The summed E-state index contributed by atoms with van der Waals surface area (Å²) in [5.41, 5.74) is 0.627. The summed E-state index contributed by atoms with van der Waals surface area (Å²) < 4.78 is 5.48. The number of para-hydroxylation sites is 2. The second-order valence-electron chi connectivity index (χ2n) is 4.94. The van der Waals surface area contributed by atoms with Crippen LogP contribution in [0.25, 0.3) is 0 Å². The summed E-state index contributed by atoms with van der Waals surface area (Å²) in [6.07, 6.45) is 0.138. The number of amides is 2. The molecule has 0 aromatic heterocycles. The monoisotopic (exact) mass is 319 g/mol. The molecule has 3 rings (SSSR count). The van der Waals surface area contributed by atoms with Crippen LogP contribution >= 0.6 is 11.8 Å². The molecule has 1 aromatic rings. The third-order valence-electron chi connectivity index (χ3n) is 3.42. The summed E-state index contributed by atoms with van der Waals surface area (Å²) in [7, 11) is 0. The molecule has 1 saturated heterocycles. The highest BCUT2D eigenvalue weighted by atomic mass is 32.2. The lowest BCUT2D eigenvalue weighted by atomic mass is 10.2. The molecule has 1 atom stereocenters. The largest absolute Gasteiger partial charge is 0.492 e. The smallest absolute Gasteiger partial charge is 0.242 e. The lowest BCUT2D eigenvalue weighted by molar-refractivity contribution is -0.127. The maximum Gasteiger partial charge on any atom is 0.242 e. The number of fused-ring (bicyclic) bond motifs is 1. The Morgan fingerprint density at radius 2 is 2.32 bits per heavy atom. The lowest BCUT2D eigenvalue weighted by Gasteiger charge is -2.13. The number of benzene rings is 1. The molecule has 0 aliphatic carbocycles. The first kappa shape index (κ1) is 14.9. The van der Waals surface area contributed by atoms with Crippen molar-refractivity contribution < 1.29 is 14.3 Å². The molecule has 0 radical (unpaired) electrons. The Morgan fingerprint density at radius 3 is 3.09 bits per heavy atom. The van der Waals surface area contributed by atoms with Gasteiger partial charge in [0, 0.05) is 13.0 Å². The van der Waals surface area contributed by atoms with Crippen molar-refractivity contribution in [1.82, 2.24) is 4.90 Å². The number of aliphatic imine (C=N–C) groups is 1. The Hall–Kier alpha value is -2.02. The van der Waals surface area contributed by atoms with Gasteiger partial charge in [-0.3, -0.25) is 19.5 Å². The van der Waals surface area contributed by atoms with Gasteiger partial charge in [0.05, 0.1) is 18.8 Å². The van der Waals surface area contributed by atoms with Crippen molar-refractivity contribution in [2.24, 2.45) is 4.99 Å². The van der Waals surface area contributed by atoms with Gasteiger partial charge in [0.1, 0.15) is 11.0 Å². The summed E-state index contributed by atoms with van der Waals surface area (Å²) in [6, 6.07) is 7.27. The summed E-state index contributed by atoms with van der Waals surface area (Å²) in [5, 5.41) is 3.19. The van der Waals surface area contributed by atoms with E-state index in [1.54, 1.807) is 17.0 Å². The van der Waals surface area contributed by atoms with Crippen LogP contribution in [0.5, 0.6) is 5.75 Å². The van der Waals surface area contributed by atoms with Crippen LogP contribution in [0.4, 0.5) is 5.69 Å². The average Bonchev–Trinajstić information content (AvgIpc) is 3.06. The molecule has 1 N–H and O–H groups in total. The zero-order valence-corrected chi connectivity index (χ0v) is 13.1. The summed E-state index contributed by atoms with van der Waals surface area (Å²) >= 11 is 1.38. The predicted molar refractivity (Wildman–Crippen MR) is 86.3 cm³/mol. The first-order chi connectivity index (χ1) is 10.7. The molecule has 22 heavy (non-hydrogen) atoms. The molecule has 1 aromatic carbocycles. The Morgan fingerprint density at radius 1 is 1.50 bits per heavy atom. The zero-order valence-electron chi connectivity index (χ0n) is 12.2. The van der Waals surface area contributed by atoms with Gasteiger partial charge in [0.15, 0.2) is 5.17 Å². The topological polar surface area (TPSA) is 71.0 Å². The number of rotatable bonds is 5. The first-order valence-corrected chi connectivity index (χ1v) is 8.11. The molecule has 2 aliphatic heterocycles. The molecule has 7 heteroatoms. The third-order valence-corrected chi connectivity index (χ3v) is 4.64. The van der Waals surface area contributed by atoms with Crippen LogP contribution in [0.2, 0.25) is 0 Å². The number of ether oxygens (including phenoxy) is 1. The van der Waals surface area contributed by atoms with Crippen molar-refractivity contribution in [2.75, 3.05) is 25.0 Å². The molecule has 0 unspecified atom stereocenters. The van der Waals surface area contributed by atoms with E-state index in [9.17, 15) is 9.59 Å². The molecular weight excluding hydrogens is 302 g/mol. The fourth-order valence-corrected chi connectivity index (χ4v) is 3.62. The minimum absolute atomic E-state index is 0.0190. The fraction of sp³-hybridized carbons (Fsp3) is 0.400. The van der Waals surface area contributed by atoms with Crippen molar-refractivity contribution in [3.63, 3.8) is 0 Å². The molecule has 2 aliphatic rings. The van der Waals surface area contributed by atoms with Gasteiger partial charge in [-0.05, 0) is 19.1 Å². The molecule has 0 bridgehead atoms. The van der Waals surface area contributed by atoms with E-state index in [2.05, 4.69) is 10.3 Å². The number of hydrogen-bond donors (Lipinski definition) is 1. The summed E-state index contributed by atoms with van der Waals surface area (Å²) in [5.74, 6) is 0.419. The maximum absolute atomic E-state index is 12.2. The number of nitrogens with zero attached hydrogens (tertiary/aromatic N) is 2. The number of carbonyl (C=O) groups excluding carboxylic acids is 2. The summed E-state index contributed by atoms with van der Waals surface area (Å²) in [4.78, 5) is 30.3.